The minimum Gasteiger partial charge on any atom is -0.377 e. The fourth-order valence-corrected chi connectivity index (χ4v) is 1.54. The Morgan fingerprint density at radius 2 is 2.22 bits per heavy atom. The minimum atomic E-state index is 0.750. The van der Waals surface area contributed by atoms with Gasteiger partial charge in [-0.1, -0.05) is 19.9 Å². The largest absolute Gasteiger partial charge is 0.377 e. The van der Waals surface area contributed by atoms with Gasteiger partial charge >= 0.3 is 0 Å². The minimum absolute atomic E-state index is 0.750. The normalized spacial score (nSPS) is 33.9. The molecule has 1 heteroatoms. The molecule has 9 heavy (non-hydrogen) atoms. The predicted molar refractivity (Wildman–Crippen MR) is 40.1 cm³/mol. The monoisotopic (exact) mass is 125 g/mol. The average molecular weight is 125 g/mol. The van der Waals surface area contributed by atoms with Crippen LogP contribution in [0.3, 0.4) is 0 Å². The number of rotatable bonds is 1. The molecular weight excluding hydrogens is 110 g/mol. The first kappa shape index (κ1) is 6.66. The molecule has 2 unspecified atom stereocenters. The molecule has 1 heterocycles. The third kappa shape index (κ3) is 1.09. The van der Waals surface area contributed by atoms with Crippen LogP contribution in [0.1, 0.15) is 20.3 Å². The van der Waals surface area contributed by atoms with Gasteiger partial charge in [-0.3, -0.25) is 0 Å². The molecule has 0 aromatic carbocycles. The highest BCUT2D eigenvalue weighted by Crippen LogP contribution is 2.20. The summed E-state index contributed by atoms with van der Waals surface area (Å²) in [5.74, 6) is 0.750. The molecule has 0 spiro atoms. The van der Waals surface area contributed by atoms with Crippen molar-refractivity contribution in [3.05, 3.63) is 12.3 Å². The average Bonchev–Trinajstić information content (AvgIpc) is 2.12. The van der Waals surface area contributed by atoms with Crippen LogP contribution in [0.15, 0.2) is 12.3 Å². The molecule has 52 valence electrons. The molecule has 2 atom stereocenters. The second-order valence-electron chi connectivity index (χ2n) is 2.84. The standard InChI is InChI=1S/C8H15N/c1-4-8-7(2)5-6-9(8)3/h5-8H,4H2,1-3H3. The second-order valence-corrected chi connectivity index (χ2v) is 2.84. The SMILES string of the molecule is CCC1C(C)C=CN1C. The van der Waals surface area contributed by atoms with Gasteiger partial charge in [-0.25, -0.2) is 0 Å². The van der Waals surface area contributed by atoms with Crippen LogP contribution in [-0.4, -0.2) is 18.0 Å². The first-order chi connectivity index (χ1) is 4.25. The molecule has 0 aromatic rings. The summed E-state index contributed by atoms with van der Waals surface area (Å²) in [5, 5.41) is 0. The van der Waals surface area contributed by atoms with Crippen molar-refractivity contribution in [2.75, 3.05) is 7.05 Å². The van der Waals surface area contributed by atoms with Crippen LogP contribution < -0.4 is 0 Å². The Hall–Kier alpha value is -0.460. The molecular formula is C8H15N. The van der Waals surface area contributed by atoms with E-state index in [0.717, 1.165) is 12.0 Å². The lowest BCUT2D eigenvalue weighted by Gasteiger charge is -2.22. The highest BCUT2D eigenvalue weighted by molar-refractivity contribution is 5.00. The lowest BCUT2D eigenvalue weighted by molar-refractivity contribution is 0.301. The topological polar surface area (TPSA) is 3.24 Å². The van der Waals surface area contributed by atoms with Crippen LogP contribution in [0.25, 0.3) is 0 Å². The van der Waals surface area contributed by atoms with Crippen LogP contribution in [0, 0.1) is 5.92 Å². The molecule has 0 saturated carbocycles. The molecule has 0 saturated heterocycles. The van der Waals surface area contributed by atoms with Crippen molar-refractivity contribution in [3.63, 3.8) is 0 Å². The summed E-state index contributed by atoms with van der Waals surface area (Å²) < 4.78 is 0. The molecule has 0 fully saturated rings. The van der Waals surface area contributed by atoms with Gasteiger partial charge in [0.05, 0.1) is 0 Å². The van der Waals surface area contributed by atoms with E-state index in [1.165, 1.54) is 6.42 Å². The molecule has 0 aromatic heterocycles. The van der Waals surface area contributed by atoms with E-state index < -0.39 is 0 Å². The van der Waals surface area contributed by atoms with Crippen molar-refractivity contribution in [2.45, 2.75) is 26.3 Å². The number of hydrogen-bond acceptors (Lipinski definition) is 1. The molecule has 0 amide bonds. The van der Waals surface area contributed by atoms with Gasteiger partial charge in [-0.2, -0.15) is 0 Å². The molecule has 1 rings (SSSR count). The lowest BCUT2D eigenvalue weighted by atomic mass is 10.0. The van der Waals surface area contributed by atoms with Crippen LogP contribution >= 0.6 is 0 Å². The lowest BCUT2D eigenvalue weighted by Crippen LogP contribution is -2.26. The zero-order valence-corrected chi connectivity index (χ0v) is 6.46. The first-order valence-corrected chi connectivity index (χ1v) is 3.66. The van der Waals surface area contributed by atoms with E-state index in [2.05, 4.69) is 38.1 Å². The van der Waals surface area contributed by atoms with Crippen molar-refractivity contribution in [3.8, 4) is 0 Å². The van der Waals surface area contributed by atoms with Gasteiger partial charge in [-0.15, -0.1) is 0 Å². The van der Waals surface area contributed by atoms with Crippen molar-refractivity contribution in [1.29, 1.82) is 0 Å². The van der Waals surface area contributed by atoms with Gasteiger partial charge in [0.15, 0.2) is 0 Å². The van der Waals surface area contributed by atoms with Gasteiger partial charge in [0.2, 0.25) is 0 Å². The third-order valence-electron chi connectivity index (χ3n) is 2.17. The second kappa shape index (κ2) is 2.42. The molecule has 1 aliphatic heterocycles. The van der Waals surface area contributed by atoms with Crippen LogP contribution in [-0.2, 0) is 0 Å². The molecule has 0 N–H and O–H groups in total. The van der Waals surface area contributed by atoms with E-state index in [0.29, 0.717) is 0 Å². The maximum absolute atomic E-state index is 2.30. The van der Waals surface area contributed by atoms with Crippen molar-refractivity contribution in [2.24, 2.45) is 5.92 Å². The molecule has 1 aliphatic rings. The van der Waals surface area contributed by atoms with Gasteiger partial charge in [0.1, 0.15) is 0 Å². The maximum Gasteiger partial charge on any atom is 0.0339 e. The van der Waals surface area contributed by atoms with Crippen molar-refractivity contribution in [1.82, 2.24) is 4.90 Å². The van der Waals surface area contributed by atoms with Gasteiger partial charge < -0.3 is 4.90 Å². The van der Waals surface area contributed by atoms with Crippen LogP contribution in [0.4, 0.5) is 0 Å². The molecule has 1 nitrogen and oxygen atoms in total. The Morgan fingerprint density at radius 1 is 1.56 bits per heavy atom. The Balaban J connectivity index is 2.53. The van der Waals surface area contributed by atoms with E-state index in [-0.39, 0.29) is 0 Å². The first-order valence-electron chi connectivity index (χ1n) is 3.66. The summed E-state index contributed by atoms with van der Waals surface area (Å²) in [6, 6.07) is 0.755. The highest BCUT2D eigenvalue weighted by atomic mass is 15.1. The third-order valence-corrected chi connectivity index (χ3v) is 2.17. The Labute approximate surface area is 57.4 Å². The van der Waals surface area contributed by atoms with Crippen molar-refractivity contribution >= 4 is 0 Å². The van der Waals surface area contributed by atoms with Crippen LogP contribution in [0.5, 0.6) is 0 Å². The molecule has 0 radical (unpaired) electrons. The smallest absolute Gasteiger partial charge is 0.0339 e. The van der Waals surface area contributed by atoms with Gasteiger partial charge in [0, 0.05) is 13.1 Å². The van der Waals surface area contributed by atoms with E-state index in [1.54, 1.807) is 0 Å². The summed E-state index contributed by atoms with van der Waals surface area (Å²) >= 11 is 0. The fraction of sp³-hybridized carbons (Fsp3) is 0.750. The zero-order valence-electron chi connectivity index (χ0n) is 6.46. The molecule has 0 aliphatic carbocycles. The Morgan fingerprint density at radius 3 is 2.44 bits per heavy atom. The predicted octanol–water partition coefficient (Wildman–Crippen LogP) is 1.86. The van der Waals surface area contributed by atoms with Crippen LogP contribution in [0.2, 0.25) is 0 Å². The van der Waals surface area contributed by atoms with Crippen molar-refractivity contribution < 1.29 is 0 Å². The zero-order chi connectivity index (χ0) is 6.85. The maximum atomic E-state index is 2.30. The van der Waals surface area contributed by atoms with E-state index in [4.69, 9.17) is 0 Å². The fourth-order valence-electron chi connectivity index (χ4n) is 1.54. The summed E-state index contributed by atoms with van der Waals surface area (Å²) in [4.78, 5) is 2.30. The highest BCUT2D eigenvalue weighted by Gasteiger charge is 2.20. The van der Waals surface area contributed by atoms with E-state index >= 15 is 0 Å². The van der Waals surface area contributed by atoms with Gasteiger partial charge in [0.25, 0.3) is 0 Å². The Kier molecular flexibility index (Phi) is 1.79. The summed E-state index contributed by atoms with van der Waals surface area (Å²) in [6.45, 7) is 4.51. The number of nitrogens with zero attached hydrogens (tertiary/aromatic N) is 1. The summed E-state index contributed by atoms with van der Waals surface area (Å²) in [5.41, 5.74) is 0. The number of hydrogen-bond donors (Lipinski definition) is 0. The van der Waals surface area contributed by atoms with E-state index in [9.17, 15) is 0 Å². The Bertz CT molecular complexity index is 106. The summed E-state index contributed by atoms with van der Waals surface area (Å²) in [7, 11) is 2.15. The summed E-state index contributed by atoms with van der Waals surface area (Å²) in [6.07, 6.45) is 5.71. The van der Waals surface area contributed by atoms with E-state index in [1.807, 2.05) is 0 Å². The quantitative estimate of drug-likeness (QED) is 0.517. The van der Waals surface area contributed by atoms with Gasteiger partial charge in [-0.05, 0) is 18.5 Å². The molecule has 0 bridgehead atoms.